The lowest BCUT2D eigenvalue weighted by molar-refractivity contribution is -0.153. The second kappa shape index (κ2) is 12.3. The van der Waals surface area contributed by atoms with Crippen LogP contribution in [0.25, 0.3) is 11.5 Å². The van der Waals surface area contributed by atoms with Crippen LogP contribution in [-0.2, 0) is 20.5 Å². The van der Waals surface area contributed by atoms with Crippen LogP contribution in [0.5, 0.6) is 0 Å². The standard InChI is InChI=1S/C30H31F3N4O5/c1-41-29(40)21-9-5-8-20(18-21)28(39)37-16-14-36(15-17-37)23-12-10-22(11-13-23)34-26(38)24-25(30(31,32)33)42-27(35-24)19-6-3-2-4-7-19/h2-4,6-7,10-13,20-21H,5,8-9,14-18H2,1H3,(H,34,38). The number of esters is 1. The number of piperazine rings is 1. The molecule has 5 rings (SSSR count). The number of nitrogens with zero attached hydrogens (tertiary/aromatic N) is 3. The predicted molar refractivity (Wildman–Crippen MR) is 148 cm³/mol. The third-order valence-corrected chi connectivity index (χ3v) is 7.76. The Balaban J connectivity index is 1.19. The maximum Gasteiger partial charge on any atom is 0.452 e. The normalized spacial score (nSPS) is 19.3. The quantitative estimate of drug-likeness (QED) is 0.395. The Bertz CT molecular complexity index is 1420. The number of ether oxygens (including phenoxy) is 1. The topological polar surface area (TPSA) is 105 Å². The highest BCUT2D eigenvalue weighted by Gasteiger charge is 2.42. The molecule has 0 spiro atoms. The zero-order valence-corrected chi connectivity index (χ0v) is 23.0. The highest BCUT2D eigenvalue weighted by molar-refractivity contribution is 6.04. The number of carbonyl (C=O) groups excluding carboxylic acids is 3. The molecule has 2 aliphatic rings. The maximum absolute atomic E-state index is 13.6. The lowest BCUT2D eigenvalue weighted by atomic mass is 9.80. The average Bonchev–Trinajstić information content (AvgIpc) is 3.48. The maximum atomic E-state index is 13.6. The number of methoxy groups -OCH3 is 1. The summed E-state index contributed by atoms with van der Waals surface area (Å²) >= 11 is 0. The number of nitrogens with one attached hydrogen (secondary N) is 1. The van der Waals surface area contributed by atoms with Crippen LogP contribution in [0.3, 0.4) is 0 Å². The third-order valence-electron chi connectivity index (χ3n) is 7.76. The first kappa shape index (κ1) is 29.2. The molecule has 2 unspecified atom stereocenters. The molecule has 1 aromatic heterocycles. The van der Waals surface area contributed by atoms with E-state index in [1.54, 1.807) is 54.6 Å². The van der Waals surface area contributed by atoms with Gasteiger partial charge in [0.25, 0.3) is 5.91 Å². The van der Waals surface area contributed by atoms with Crippen molar-refractivity contribution in [3.8, 4) is 11.5 Å². The van der Waals surface area contributed by atoms with Gasteiger partial charge in [0.2, 0.25) is 17.6 Å². The van der Waals surface area contributed by atoms with E-state index in [2.05, 4.69) is 15.2 Å². The lowest BCUT2D eigenvalue weighted by Crippen LogP contribution is -2.51. The zero-order valence-electron chi connectivity index (χ0n) is 23.0. The molecule has 1 aliphatic heterocycles. The first-order valence-electron chi connectivity index (χ1n) is 13.8. The molecular weight excluding hydrogens is 553 g/mol. The number of carbonyl (C=O) groups is 3. The molecule has 42 heavy (non-hydrogen) atoms. The summed E-state index contributed by atoms with van der Waals surface area (Å²) in [5.74, 6) is -3.38. The average molecular weight is 585 g/mol. The molecule has 2 heterocycles. The van der Waals surface area contributed by atoms with Gasteiger partial charge >= 0.3 is 12.1 Å². The molecule has 2 fully saturated rings. The van der Waals surface area contributed by atoms with Gasteiger partial charge in [-0.1, -0.05) is 24.6 Å². The van der Waals surface area contributed by atoms with Crippen LogP contribution in [-0.4, -0.2) is 61.0 Å². The van der Waals surface area contributed by atoms with E-state index >= 15 is 0 Å². The number of anilines is 2. The van der Waals surface area contributed by atoms with Gasteiger partial charge < -0.3 is 24.3 Å². The van der Waals surface area contributed by atoms with Gasteiger partial charge in [0, 0.05) is 49.0 Å². The van der Waals surface area contributed by atoms with Crippen LogP contribution in [0, 0.1) is 11.8 Å². The van der Waals surface area contributed by atoms with Gasteiger partial charge in [-0.3, -0.25) is 14.4 Å². The summed E-state index contributed by atoms with van der Waals surface area (Å²) < 4.78 is 50.7. The molecule has 2 amide bonds. The van der Waals surface area contributed by atoms with Crippen LogP contribution >= 0.6 is 0 Å². The Hall–Kier alpha value is -4.35. The summed E-state index contributed by atoms with van der Waals surface area (Å²) in [6.45, 7) is 2.27. The molecule has 0 bridgehead atoms. The molecule has 2 aromatic carbocycles. The van der Waals surface area contributed by atoms with Gasteiger partial charge in [0.05, 0.1) is 13.0 Å². The second-order valence-electron chi connectivity index (χ2n) is 10.5. The minimum absolute atomic E-state index is 0.0721. The SMILES string of the molecule is COC(=O)C1CCCC(C(=O)N2CCN(c3ccc(NC(=O)c4nc(-c5ccccc5)oc4C(F)(F)F)cc3)CC2)C1. The van der Waals surface area contributed by atoms with Crippen LogP contribution < -0.4 is 10.2 Å². The number of alkyl halides is 3. The number of amides is 2. The lowest BCUT2D eigenvalue weighted by Gasteiger charge is -2.38. The minimum atomic E-state index is -4.90. The smallest absolute Gasteiger partial charge is 0.452 e. The number of aromatic nitrogens is 1. The fourth-order valence-electron chi connectivity index (χ4n) is 5.55. The molecular formula is C30H31F3N4O5. The Morgan fingerprint density at radius 2 is 1.62 bits per heavy atom. The summed E-state index contributed by atoms with van der Waals surface area (Å²) in [6, 6.07) is 14.8. The number of benzene rings is 2. The van der Waals surface area contributed by atoms with E-state index < -0.39 is 23.5 Å². The molecule has 12 heteroatoms. The number of rotatable bonds is 6. The molecule has 2 atom stereocenters. The van der Waals surface area contributed by atoms with Gasteiger partial charge in [0.1, 0.15) is 0 Å². The molecule has 9 nitrogen and oxygen atoms in total. The van der Waals surface area contributed by atoms with Crippen molar-refractivity contribution in [3.05, 3.63) is 66.1 Å². The Morgan fingerprint density at radius 3 is 2.26 bits per heavy atom. The van der Waals surface area contributed by atoms with Crippen molar-refractivity contribution in [2.24, 2.45) is 11.8 Å². The van der Waals surface area contributed by atoms with Crippen LogP contribution in [0.4, 0.5) is 24.5 Å². The van der Waals surface area contributed by atoms with E-state index in [4.69, 9.17) is 9.15 Å². The number of halogens is 3. The van der Waals surface area contributed by atoms with Gasteiger partial charge in [-0.05, 0) is 55.7 Å². The van der Waals surface area contributed by atoms with Crippen molar-refractivity contribution in [2.75, 3.05) is 43.5 Å². The third kappa shape index (κ3) is 6.42. The van der Waals surface area contributed by atoms with Crippen LogP contribution in [0.2, 0.25) is 0 Å². The van der Waals surface area contributed by atoms with Crippen LogP contribution in [0.1, 0.15) is 41.9 Å². The number of hydrogen-bond acceptors (Lipinski definition) is 7. The van der Waals surface area contributed by atoms with E-state index in [1.807, 2.05) is 4.90 Å². The fourth-order valence-corrected chi connectivity index (χ4v) is 5.55. The van der Waals surface area contributed by atoms with Gasteiger partial charge in [-0.2, -0.15) is 13.2 Å². The summed E-state index contributed by atoms with van der Waals surface area (Å²) in [5, 5.41) is 2.47. The van der Waals surface area contributed by atoms with E-state index in [-0.39, 0.29) is 29.6 Å². The highest BCUT2D eigenvalue weighted by Crippen LogP contribution is 2.36. The molecule has 3 aromatic rings. The van der Waals surface area contributed by atoms with E-state index in [0.29, 0.717) is 43.9 Å². The van der Waals surface area contributed by atoms with Gasteiger partial charge in [0.15, 0.2) is 5.69 Å². The fraction of sp³-hybridized carbons (Fsp3) is 0.400. The van der Waals surface area contributed by atoms with Gasteiger partial charge in [-0.15, -0.1) is 0 Å². The predicted octanol–water partition coefficient (Wildman–Crippen LogP) is 5.24. The Labute approximate surface area is 240 Å². The zero-order chi connectivity index (χ0) is 29.9. The molecule has 1 saturated heterocycles. The molecule has 1 N–H and O–H groups in total. The van der Waals surface area contributed by atoms with Crippen molar-refractivity contribution in [3.63, 3.8) is 0 Å². The largest absolute Gasteiger partial charge is 0.469 e. The van der Waals surface area contributed by atoms with Crippen molar-refractivity contribution < 1.29 is 36.7 Å². The summed E-state index contributed by atoms with van der Waals surface area (Å²) in [5.41, 5.74) is 0.624. The first-order chi connectivity index (χ1) is 20.1. The summed E-state index contributed by atoms with van der Waals surface area (Å²) in [6.07, 6.45) is -2.05. The Kier molecular flexibility index (Phi) is 8.51. The molecule has 1 saturated carbocycles. The van der Waals surface area contributed by atoms with Crippen LogP contribution in [0.15, 0.2) is 59.0 Å². The van der Waals surface area contributed by atoms with E-state index in [9.17, 15) is 27.6 Å². The monoisotopic (exact) mass is 584 g/mol. The van der Waals surface area contributed by atoms with Crippen molar-refractivity contribution >= 4 is 29.2 Å². The highest BCUT2D eigenvalue weighted by atomic mass is 19.4. The van der Waals surface area contributed by atoms with Crippen molar-refractivity contribution in [1.82, 2.24) is 9.88 Å². The number of oxazole rings is 1. The number of hydrogen-bond donors (Lipinski definition) is 1. The van der Waals surface area contributed by atoms with Crippen molar-refractivity contribution in [1.29, 1.82) is 0 Å². The molecule has 1 aliphatic carbocycles. The van der Waals surface area contributed by atoms with Gasteiger partial charge in [-0.25, -0.2) is 4.98 Å². The van der Waals surface area contributed by atoms with E-state index in [0.717, 1.165) is 24.9 Å². The minimum Gasteiger partial charge on any atom is -0.469 e. The second-order valence-corrected chi connectivity index (χ2v) is 10.5. The summed E-state index contributed by atoms with van der Waals surface area (Å²) in [7, 11) is 1.37. The molecule has 222 valence electrons. The van der Waals surface area contributed by atoms with Crippen molar-refractivity contribution in [2.45, 2.75) is 31.9 Å². The van der Waals surface area contributed by atoms with E-state index in [1.165, 1.54) is 7.11 Å². The first-order valence-corrected chi connectivity index (χ1v) is 13.8. The summed E-state index contributed by atoms with van der Waals surface area (Å²) in [4.78, 5) is 45.7. The Morgan fingerprint density at radius 1 is 0.952 bits per heavy atom. The molecule has 0 radical (unpaired) electrons.